The fraction of sp³-hybridized carbons (Fsp3) is 0.400. The maximum absolute atomic E-state index is 6.12. The van der Waals surface area contributed by atoms with Gasteiger partial charge in [-0.3, -0.25) is 0 Å². The summed E-state index contributed by atoms with van der Waals surface area (Å²) in [6.07, 6.45) is 6.06. The van der Waals surface area contributed by atoms with Crippen LogP contribution in [0.5, 0.6) is 5.75 Å². The van der Waals surface area contributed by atoms with Gasteiger partial charge in [-0.15, -0.1) is 0 Å². The fourth-order valence-electron chi connectivity index (χ4n) is 1.99. The molecule has 108 valence electrons. The molecule has 20 heavy (non-hydrogen) atoms. The summed E-state index contributed by atoms with van der Waals surface area (Å²) in [6, 6.07) is 3.79. The molecule has 2 aromatic rings. The van der Waals surface area contributed by atoms with Crippen LogP contribution in [0.25, 0.3) is 0 Å². The highest BCUT2D eigenvalue weighted by Crippen LogP contribution is 2.32. The Balaban J connectivity index is 2.25. The van der Waals surface area contributed by atoms with Gasteiger partial charge < -0.3 is 14.6 Å². The molecular weight excluding hydrogens is 274 g/mol. The van der Waals surface area contributed by atoms with Crippen molar-refractivity contribution in [3.63, 3.8) is 0 Å². The number of hydrogen-bond acceptors (Lipinski definition) is 3. The summed E-state index contributed by atoms with van der Waals surface area (Å²) in [5, 5.41) is 4.01. The summed E-state index contributed by atoms with van der Waals surface area (Å²) >= 11 is 6.12. The fourth-order valence-corrected chi connectivity index (χ4v) is 2.15. The van der Waals surface area contributed by atoms with E-state index in [1.165, 1.54) is 0 Å². The minimum Gasteiger partial charge on any atom is -0.495 e. The van der Waals surface area contributed by atoms with Crippen molar-refractivity contribution in [3.8, 4) is 5.75 Å². The quantitative estimate of drug-likeness (QED) is 0.858. The molecule has 0 aliphatic heterocycles. The molecular formula is C15H20ClN3O. The lowest BCUT2D eigenvalue weighted by Gasteiger charge is -2.14. The van der Waals surface area contributed by atoms with Crippen molar-refractivity contribution < 1.29 is 4.74 Å². The molecule has 0 radical (unpaired) electrons. The summed E-state index contributed by atoms with van der Waals surface area (Å²) < 4.78 is 7.47. The Hall–Kier alpha value is -1.68. The zero-order chi connectivity index (χ0) is 14.5. The number of anilines is 2. The molecule has 1 N–H and O–H groups in total. The molecule has 0 unspecified atom stereocenters. The predicted molar refractivity (Wildman–Crippen MR) is 83.2 cm³/mol. The second-order valence-electron chi connectivity index (χ2n) is 4.72. The number of aromatic nitrogens is 2. The van der Waals surface area contributed by atoms with Crippen molar-refractivity contribution in [2.24, 2.45) is 0 Å². The number of rotatable bonds is 6. The molecule has 1 aromatic heterocycles. The summed E-state index contributed by atoms with van der Waals surface area (Å²) in [6.45, 7) is 5.10. The summed E-state index contributed by atoms with van der Waals surface area (Å²) in [5.74, 6) is 1.53. The van der Waals surface area contributed by atoms with E-state index in [0.29, 0.717) is 10.8 Å². The van der Waals surface area contributed by atoms with E-state index in [4.69, 9.17) is 16.3 Å². The molecule has 4 nitrogen and oxygen atoms in total. The van der Waals surface area contributed by atoms with E-state index in [9.17, 15) is 0 Å². The van der Waals surface area contributed by atoms with E-state index in [1.807, 2.05) is 25.3 Å². The van der Waals surface area contributed by atoms with Gasteiger partial charge in [0.1, 0.15) is 5.75 Å². The zero-order valence-electron chi connectivity index (χ0n) is 12.1. The van der Waals surface area contributed by atoms with Crippen LogP contribution in [0.4, 0.5) is 11.6 Å². The largest absolute Gasteiger partial charge is 0.495 e. The maximum atomic E-state index is 6.12. The van der Waals surface area contributed by atoms with Crippen LogP contribution in [0.3, 0.4) is 0 Å². The number of benzene rings is 1. The number of ether oxygens (including phenoxy) is 1. The molecule has 0 aliphatic rings. The van der Waals surface area contributed by atoms with Crippen LogP contribution in [0.15, 0.2) is 24.5 Å². The first-order valence-electron chi connectivity index (χ1n) is 6.78. The van der Waals surface area contributed by atoms with Crippen LogP contribution in [0.1, 0.15) is 25.3 Å². The Bertz CT molecular complexity index is 580. The van der Waals surface area contributed by atoms with E-state index in [1.54, 1.807) is 13.3 Å². The van der Waals surface area contributed by atoms with E-state index >= 15 is 0 Å². The van der Waals surface area contributed by atoms with Crippen molar-refractivity contribution in [2.45, 2.75) is 33.2 Å². The monoisotopic (exact) mass is 293 g/mol. The minimum atomic E-state index is 0.696. The number of hydrogen-bond donors (Lipinski definition) is 1. The Kier molecular flexibility index (Phi) is 4.90. The average molecular weight is 294 g/mol. The number of halogens is 1. The second kappa shape index (κ2) is 6.66. The van der Waals surface area contributed by atoms with Crippen LogP contribution in [-0.4, -0.2) is 16.7 Å². The zero-order valence-corrected chi connectivity index (χ0v) is 12.9. The first kappa shape index (κ1) is 14.7. The van der Waals surface area contributed by atoms with Crippen molar-refractivity contribution >= 4 is 23.2 Å². The first-order chi connectivity index (χ1) is 9.65. The van der Waals surface area contributed by atoms with Crippen molar-refractivity contribution in [1.29, 1.82) is 0 Å². The molecule has 1 aromatic carbocycles. The molecule has 0 atom stereocenters. The highest BCUT2D eigenvalue weighted by atomic mass is 35.5. The molecule has 0 saturated carbocycles. The van der Waals surface area contributed by atoms with Crippen molar-refractivity contribution in [1.82, 2.24) is 9.55 Å². The number of nitrogens with one attached hydrogen (secondary N) is 1. The molecule has 2 rings (SSSR count). The average Bonchev–Trinajstić information content (AvgIpc) is 2.87. The smallest absolute Gasteiger partial charge is 0.207 e. The van der Waals surface area contributed by atoms with Gasteiger partial charge in [0.15, 0.2) is 0 Å². The van der Waals surface area contributed by atoms with Crippen LogP contribution in [0, 0.1) is 6.92 Å². The van der Waals surface area contributed by atoms with Crippen LogP contribution < -0.4 is 10.1 Å². The highest BCUT2D eigenvalue weighted by molar-refractivity contribution is 6.31. The first-order valence-corrected chi connectivity index (χ1v) is 7.15. The third-order valence-electron chi connectivity index (χ3n) is 3.20. The minimum absolute atomic E-state index is 0.696. The van der Waals surface area contributed by atoms with Gasteiger partial charge in [0.25, 0.3) is 0 Å². The van der Waals surface area contributed by atoms with E-state index in [2.05, 4.69) is 21.8 Å². The molecule has 0 spiro atoms. The normalized spacial score (nSPS) is 10.6. The number of nitrogens with zero attached hydrogens (tertiary/aromatic N) is 2. The summed E-state index contributed by atoms with van der Waals surface area (Å²) in [5.41, 5.74) is 1.87. The van der Waals surface area contributed by atoms with Crippen LogP contribution in [0.2, 0.25) is 5.02 Å². The topological polar surface area (TPSA) is 39.1 Å². The van der Waals surface area contributed by atoms with Gasteiger partial charge in [0, 0.05) is 30.0 Å². The second-order valence-corrected chi connectivity index (χ2v) is 5.13. The van der Waals surface area contributed by atoms with Crippen molar-refractivity contribution in [3.05, 3.63) is 35.1 Å². The Morgan fingerprint density at radius 3 is 2.90 bits per heavy atom. The molecule has 0 fully saturated rings. The maximum Gasteiger partial charge on any atom is 0.207 e. The summed E-state index contributed by atoms with van der Waals surface area (Å²) in [4.78, 5) is 4.36. The lowest BCUT2D eigenvalue weighted by molar-refractivity contribution is 0.416. The van der Waals surface area contributed by atoms with Gasteiger partial charge in [0.2, 0.25) is 5.95 Å². The van der Waals surface area contributed by atoms with E-state index in [-0.39, 0.29) is 0 Å². The molecule has 0 amide bonds. The highest BCUT2D eigenvalue weighted by Gasteiger charge is 2.10. The van der Waals surface area contributed by atoms with Gasteiger partial charge >= 0.3 is 0 Å². The Labute approximate surface area is 124 Å². The van der Waals surface area contributed by atoms with Gasteiger partial charge in [-0.2, -0.15) is 0 Å². The third-order valence-corrected chi connectivity index (χ3v) is 3.60. The number of imidazole rings is 1. The molecule has 1 heterocycles. The van der Waals surface area contributed by atoms with Gasteiger partial charge in [0.05, 0.1) is 12.8 Å². The van der Waals surface area contributed by atoms with Gasteiger partial charge in [-0.1, -0.05) is 24.9 Å². The molecule has 0 saturated heterocycles. The Morgan fingerprint density at radius 2 is 2.20 bits per heavy atom. The third kappa shape index (κ3) is 3.25. The SMILES string of the molecule is CCCCn1ccnc1Nc1cc(C)c(Cl)cc1OC. The summed E-state index contributed by atoms with van der Waals surface area (Å²) in [7, 11) is 1.63. The van der Waals surface area contributed by atoms with E-state index < -0.39 is 0 Å². The number of unbranched alkanes of at least 4 members (excludes halogenated alkanes) is 1. The lowest BCUT2D eigenvalue weighted by atomic mass is 10.2. The number of methoxy groups -OCH3 is 1. The van der Waals surface area contributed by atoms with Crippen LogP contribution >= 0.6 is 11.6 Å². The predicted octanol–water partition coefficient (Wildman–Crippen LogP) is 4.40. The van der Waals surface area contributed by atoms with Crippen LogP contribution in [-0.2, 0) is 6.54 Å². The van der Waals surface area contributed by atoms with E-state index in [0.717, 1.165) is 36.6 Å². The number of aryl methyl sites for hydroxylation is 2. The lowest BCUT2D eigenvalue weighted by Crippen LogP contribution is -2.04. The molecule has 5 heteroatoms. The molecule has 0 bridgehead atoms. The van der Waals surface area contributed by atoms with Crippen molar-refractivity contribution in [2.75, 3.05) is 12.4 Å². The van der Waals surface area contributed by atoms with Gasteiger partial charge in [-0.25, -0.2) is 4.98 Å². The van der Waals surface area contributed by atoms with Gasteiger partial charge in [-0.05, 0) is 25.0 Å². The molecule has 0 aliphatic carbocycles. The standard InChI is InChI=1S/C15H20ClN3O/c1-4-5-7-19-8-6-17-15(19)18-13-9-11(2)12(16)10-14(13)20-3/h6,8-10H,4-5,7H2,1-3H3,(H,17,18). The Morgan fingerprint density at radius 1 is 1.40 bits per heavy atom.